The predicted molar refractivity (Wildman–Crippen MR) is 103 cm³/mol. The molecule has 25 heavy (non-hydrogen) atoms. The van der Waals surface area contributed by atoms with Gasteiger partial charge >= 0.3 is 0 Å². The molecule has 2 aromatic rings. The fourth-order valence-corrected chi connectivity index (χ4v) is 4.19. The van der Waals surface area contributed by atoms with Gasteiger partial charge in [-0.2, -0.15) is 0 Å². The third kappa shape index (κ3) is 3.44. The number of aryl methyl sites for hydroxylation is 1. The van der Waals surface area contributed by atoms with Gasteiger partial charge in [-0.15, -0.1) is 0 Å². The van der Waals surface area contributed by atoms with Crippen molar-refractivity contribution in [3.8, 4) is 0 Å². The molecule has 2 aromatic carbocycles. The number of hydrogen-bond donors (Lipinski definition) is 1. The summed E-state index contributed by atoms with van der Waals surface area (Å²) in [5.41, 5.74) is 5.48. The van der Waals surface area contributed by atoms with E-state index in [4.69, 9.17) is 4.74 Å². The maximum atomic E-state index is 6.22. The van der Waals surface area contributed by atoms with E-state index in [0.29, 0.717) is 12.0 Å². The highest BCUT2D eigenvalue weighted by atomic mass is 16.5. The molecule has 1 saturated heterocycles. The molecule has 0 spiro atoms. The number of nitrogens with zero attached hydrogens (tertiary/aromatic N) is 1. The van der Waals surface area contributed by atoms with E-state index < -0.39 is 0 Å². The second-order valence-electron chi connectivity index (χ2n) is 7.44. The molecule has 3 nitrogen and oxygen atoms in total. The number of hydrogen-bond acceptors (Lipinski definition) is 3. The Morgan fingerprint density at radius 1 is 1.12 bits per heavy atom. The molecule has 2 heterocycles. The number of nitrogens with one attached hydrogen (secondary N) is 1. The zero-order valence-electron chi connectivity index (χ0n) is 15.2. The van der Waals surface area contributed by atoms with E-state index in [2.05, 4.69) is 72.6 Å². The maximum Gasteiger partial charge on any atom is 0.0868 e. The molecule has 4 rings (SSSR count). The lowest BCUT2D eigenvalue weighted by atomic mass is 9.85. The summed E-state index contributed by atoms with van der Waals surface area (Å²) >= 11 is 0. The van der Waals surface area contributed by atoms with E-state index in [0.717, 1.165) is 32.7 Å². The van der Waals surface area contributed by atoms with Crippen LogP contribution in [-0.4, -0.2) is 32.3 Å². The van der Waals surface area contributed by atoms with E-state index in [1.54, 1.807) is 0 Å². The molecule has 0 aromatic heterocycles. The summed E-state index contributed by atoms with van der Waals surface area (Å²) < 4.78 is 6.22. The molecule has 132 valence electrons. The molecule has 0 aliphatic carbocycles. The van der Waals surface area contributed by atoms with Crippen molar-refractivity contribution in [2.24, 2.45) is 5.92 Å². The van der Waals surface area contributed by atoms with Crippen LogP contribution in [0.2, 0.25) is 0 Å². The number of rotatable bonds is 3. The van der Waals surface area contributed by atoms with E-state index in [1.807, 2.05) is 0 Å². The lowest BCUT2D eigenvalue weighted by molar-refractivity contribution is -0.00538. The van der Waals surface area contributed by atoms with Gasteiger partial charge in [-0.05, 0) is 36.6 Å². The number of anilines is 1. The second-order valence-corrected chi connectivity index (χ2v) is 7.44. The molecule has 3 atom stereocenters. The van der Waals surface area contributed by atoms with E-state index >= 15 is 0 Å². The fourth-order valence-electron chi connectivity index (χ4n) is 4.19. The van der Waals surface area contributed by atoms with Crippen molar-refractivity contribution in [2.75, 3.05) is 31.1 Å². The molecule has 0 bridgehead atoms. The minimum Gasteiger partial charge on any atom is -0.373 e. The van der Waals surface area contributed by atoms with Crippen LogP contribution in [0.1, 0.15) is 29.7 Å². The van der Waals surface area contributed by atoms with Crippen LogP contribution < -0.4 is 10.2 Å². The third-order valence-corrected chi connectivity index (χ3v) is 5.75. The van der Waals surface area contributed by atoms with Crippen molar-refractivity contribution in [2.45, 2.75) is 32.4 Å². The average Bonchev–Trinajstić information content (AvgIpc) is 2.68. The van der Waals surface area contributed by atoms with Gasteiger partial charge in [0.15, 0.2) is 0 Å². The average molecular weight is 336 g/mol. The molecule has 0 radical (unpaired) electrons. The lowest BCUT2D eigenvalue weighted by Gasteiger charge is -2.41. The summed E-state index contributed by atoms with van der Waals surface area (Å²) in [5, 5.41) is 3.74. The quantitative estimate of drug-likeness (QED) is 0.924. The smallest absolute Gasteiger partial charge is 0.0868 e. The van der Waals surface area contributed by atoms with Crippen molar-refractivity contribution in [1.82, 2.24) is 5.32 Å². The normalized spacial score (nSPS) is 24.6. The summed E-state index contributed by atoms with van der Waals surface area (Å²) in [6.45, 7) is 8.44. The Hall–Kier alpha value is -1.84. The first-order valence-corrected chi connectivity index (χ1v) is 9.47. The van der Waals surface area contributed by atoms with Gasteiger partial charge in [0.05, 0.1) is 12.7 Å². The van der Waals surface area contributed by atoms with Crippen LogP contribution in [0.4, 0.5) is 5.69 Å². The fraction of sp³-hybridized carbons (Fsp3) is 0.455. The molecule has 3 unspecified atom stereocenters. The Balaban J connectivity index is 1.51. The van der Waals surface area contributed by atoms with E-state index in [9.17, 15) is 0 Å². The van der Waals surface area contributed by atoms with Gasteiger partial charge in [0, 0.05) is 37.3 Å². The molecule has 2 aliphatic heterocycles. The molecule has 1 N–H and O–H groups in total. The first-order chi connectivity index (χ1) is 12.2. The lowest BCUT2D eigenvalue weighted by Crippen LogP contribution is -2.54. The highest BCUT2D eigenvalue weighted by Crippen LogP contribution is 2.35. The largest absolute Gasteiger partial charge is 0.373 e. The van der Waals surface area contributed by atoms with Crippen LogP contribution in [-0.2, 0) is 11.2 Å². The summed E-state index contributed by atoms with van der Waals surface area (Å²) in [5.74, 6) is 0.440. The molecule has 1 fully saturated rings. The molecule has 3 heteroatoms. The Labute approximate surface area is 151 Å². The van der Waals surface area contributed by atoms with Crippen molar-refractivity contribution >= 4 is 5.69 Å². The van der Waals surface area contributed by atoms with Crippen LogP contribution in [0, 0.1) is 12.8 Å². The number of fused-ring (bicyclic) bond motifs is 1. The third-order valence-electron chi connectivity index (χ3n) is 5.75. The van der Waals surface area contributed by atoms with Crippen LogP contribution >= 0.6 is 0 Å². The van der Waals surface area contributed by atoms with Gasteiger partial charge in [0.1, 0.15) is 0 Å². The summed E-state index contributed by atoms with van der Waals surface area (Å²) in [7, 11) is 0. The standard InChI is InChI=1S/C22H28N2O/c1-16-7-9-19(10-8-16)24-13-12-23-21(15-24)17(2)22-20-6-4-3-5-18(20)11-14-25-22/h3-10,17,21-23H,11-15H2,1-2H3. The van der Waals surface area contributed by atoms with Gasteiger partial charge in [-0.3, -0.25) is 0 Å². The summed E-state index contributed by atoms with van der Waals surface area (Å²) in [4.78, 5) is 2.51. The first kappa shape index (κ1) is 16.6. The Bertz CT molecular complexity index is 712. The summed E-state index contributed by atoms with van der Waals surface area (Å²) in [6, 6.07) is 18.1. The first-order valence-electron chi connectivity index (χ1n) is 9.47. The van der Waals surface area contributed by atoms with Crippen LogP contribution in [0.5, 0.6) is 0 Å². The van der Waals surface area contributed by atoms with Crippen molar-refractivity contribution in [3.05, 3.63) is 65.2 Å². The van der Waals surface area contributed by atoms with Gasteiger partial charge < -0.3 is 15.0 Å². The summed E-state index contributed by atoms with van der Waals surface area (Å²) in [6.07, 6.45) is 1.23. The van der Waals surface area contributed by atoms with Crippen molar-refractivity contribution < 1.29 is 4.74 Å². The predicted octanol–water partition coefficient (Wildman–Crippen LogP) is 3.72. The highest BCUT2D eigenvalue weighted by Gasteiger charge is 2.33. The molecule has 0 amide bonds. The van der Waals surface area contributed by atoms with E-state index in [1.165, 1.54) is 22.4 Å². The monoisotopic (exact) mass is 336 g/mol. The highest BCUT2D eigenvalue weighted by molar-refractivity contribution is 5.48. The molecular weight excluding hydrogens is 308 g/mol. The number of benzene rings is 2. The Morgan fingerprint density at radius 2 is 1.92 bits per heavy atom. The van der Waals surface area contributed by atoms with Crippen LogP contribution in [0.3, 0.4) is 0 Å². The molecule has 2 aliphatic rings. The van der Waals surface area contributed by atoms with Gasteiger partial charge in [0.25, 0.3) is 0 Å². The van der Waals surface area contributed by atoms with Crippen LogP contribution in [0.15, 0.2) is 48.5 Å². The minimum absolute atomic E-state index is 0.195. The van der Waals surface area contributed by atoms with Crippen molar-refractivity contribution in [3.63, 3.8) is 0 Å². The van der Waals surface area contributed by atoms with Crippen molar-refractivity contribution in [1.29, 1.82) is 0 Å². The van der Waals surface area contributed by atoms with Crippen LogP contribution in [0.25, 0.3) is 0 Å². The zero-order chi connectivity index (χ0) is 17.2. The minimum atomic E-state index is 0.195. The number of ether oxygens (including phenoxy) is 1. The zero-order valence-corrected chi connectivity index (χ0v) is 15.2. The Kier molecular flexibility index (Phi) is 4.78. The molecular formula is C22H28N2O. The van der Waals surface area contributed by atoms with E-state index in [-0.39, 0.29) is 6.10 Å². The topological polar surface area (TPSA) is 24.5 Å². The SMILES string of the molecule is Cc1ccc(N2CCNC(C(C)C3OCCc4ccccc43)C2)cc1. The Morgan fingerprint density at radius 3 is 2.76 bits per heavy atom. The second kappa shape index (κ2) is 7.19. The van der Waals surface area contributed by atoms with Gasteiger partial charge in [0.2, 0.25) is 0 Å². The number of piperazine rings is 1. The molecule has 0 saturated carbocycles. The maximum absolute atomic E-state index is 6.22. The van der Waals surface area contributed by atoms with Gasteiger partial charge in [-0.25, -0.2) is 0 Å². The van der Waals surface area contributed by atoms with Gasteiger partial charge in [-0.1, -0.05) is 48.9 Å².